The summed E-state index contributed by atoms with van der Waals surface area (Å²) in [4.78, 5) is 13.2. The Morgan fingerprint density at radius 1 is 1.19 bits per heavy atom. The minimum atomic E-state index is 0. The molecule has 150 valence electrons. The lowest BCUT2D eigenvalue weighted by Crippen LogP contribution is -2.44. The van der Waals surface area contributed by atoms with Gasteiger partial charge in [0.25, 0.3) is 0 Å². The number of nitrogens with one attached hydrogen (secondary N) is 2. The van der Waals surface area contributed by atoms with Gasteiger partial charge in [-0.05, 0) is 19.5 Å². The van der Waals surface area contributed by atoms with Crippen molar-refractivity contribution < 1.29 is 0 Å². The third-order valence-corrected chi connectivity index (χ3v) is 5.23. The number of rotatable bonds is 8. The van der Waals surface area contributed by atoms with Crippen LogP contribution in [0.3, 0.4) is 0 Å². The van der Waals surface area contributed by atoms with E-state index in [0.29, 0.717) is 12.6 Å². The van der Waals surface area contributed by atoms with Crippen LogP contribution in [0.25, 0.3) is 0 Å². The zero-order valence-corrected chi connectivity index (χ0v) is 19.9. The molecular formula is C19H31IN6S. The molecule has 2 rings (SSSR count). The van der Waals surface area contributed by atoms with E-state index in [1.54, 1.807) is 18.4 Å². The first kappa shape index (κ1) is 23.6. The predicted octanol–water partition coefficient (Wildman–Crippen LogP) is 3.01. The maximum atomic E-state index is 4.58. The number of benzene rings is 1. The number of likely N-dealkylation sites (N-methyl/N-ethyl adjacent to an activating group) is 1. The molecule has 8 heteroatoms. The van der Waals surface area contributed by atoms with E-state index < -0.39 is 0 Å². The number of thiazole rings is 1. The number of hydrogen-bond donors (Lipinski definition) is 2. The highest BCUT2D eigenvalue weighted by Gasteiger charge is 2.11. The molecule has 0 spiro atoms. The first-order valence-corrected chi connectivity index (χ1v) is 9.68. The molecular weight excluding hydrogens is 471 g/mol. The van der Waals surface area contributed by atoms with Gasteiger partial charge in [0.05, 0.1) is 12.2 Å². The van der Waals surface area contributed by atoms with Crippen LogP contribution in [0, 0.1) is 0 Å². The van der Waals surface area contributed by atoms with E-state index in [-0.39, 0.29) is 24.0 Å². The molecule has 2 aromatic rings. The van der Waals surface area contributed by atoms with Gasteiger partial charge in [0.15, 0.2) is 11.1 Å². The summed E-state index contributed by atoms with van der Waals surface area (Å²) in [5.41, 5.74) is 2.35. The Balaban J connectivity index is 0.00000364. The SMILES string of the molecule is CN=C(NCc1csc(N(C)C)n1)NCC(C)N(C)Cc1ccccc1.I. The minimum absolute atomic E-state index is 0. The lowest BCUT2D eigenvalue weighted by molar-refractivity contribution is 0.249. The fourth-order valence-corrected chi connectivity index (χ4v) is 3.16. The lowest BCUT2D eigenvalue weighted by atomic mass is 10.2. The van der Waals surface area contributed by atoms with Crippen LogP contribution >= 0.6 is 35.3 Å². The second-order valence-electron chi connectivity index (χ2n) is 6.57. The van der Waals surface area contributed by atoms with Crippen LogP contribution in [0.5, 0.6) is 0 Å². The quantitative estimate of drug-likeness (QED) is 0.330. The van der Waals surface area contributed by atoms with E-state index in [1.807, 2.05) is 25.1 Å². The molecule has 2 N–H and O–H groups in total. The maximum absolute atomic E-state index is 4.58. The van der Waals surface area contributed by atoms with Gasteiger partial charge in [-0.15, -0.1) is 35.3 Å². The molecule has 0 bridgehead atoms. The predicted molar refractivity (Wildman–Crippen MR) is 127 cm³/mol. The van der Waals surface area contributed by atoms with E-state index in [0.717, 1.165) is 29.9 Å². The molecule has 1 heterocycles. The average Bonchev–Trinajstić information content (AvgIpc) is 3.12. The molecule has 1 atom stereocenters. The van der Waals surface area contributed by atoms with Crippen LogP contribution in [0.15, 0.2) is 40.7 Å². The highest BCUT2D eigenvalue weighted by molar-refractivity contribution is 14.0. The summed E-state index contributed by atoms with van der Waals surface area (Å²) in [6, 6.07) is 10.9. The van der Waals surface area contributed by atoms with Crippen molar-refractivity contribution >= 4 is 46.4 Å². The Morgan fingerprint density at radius 3 is 2.48 bits per heavy atom. The zero-order valence-electron chi connectivity index (χ0n) is 16.8. The van der Waals surface area contributed by atoms with Gasteiger partial charge in [0, 0.05) is 45.7 Å². The van der Waals surface area contributed by atoms with Crippen molar-refractivity contribution in [1.29, 1.82) is 0 Å². The molecule has 0 aliphatic carbocycles. The van der Waals surface area contributed by atoms with E-state index in [4.69, 9.17) is 0 Å². The number of halogens is 1. The van der Waals surface area contributed by atoms with Crippen molar-refractivity contribution in [3.8, 4) is 0 Å². The largest absolute Gasteiger partial charge is 0.355 e. The fourth-order valence-electron chi connectivity index (χ4n) is 2.41. The number of nitrogens with zero attached hydrogens (tertiary/aromatic N) is 4. The average molecular weight is 502 g/mol. The Morgan fingerprint density at radius 2 is 1.89 bits per heavy atom. The van der Waals surface area contributed by atoms with Crippen molar-refractivity contribution in [3.63, 3.8) is 0 Å². The Hall–Kier alpha value is -1.39. The first-order chi connectivity index (χ1) is 12.5. The third-order valence-electron chi connectivity index (χ3n) is 4.17. The van der Waals surface area contributed by atoms with Crippen molar-refractivity contribution in [1.82, 2.24) is 20.5 Å². The van der Waals surface area contributed by atoms with E-state index in [2.05, 4.69) is 69.1 Å². The summed E-state index contributed by atoms with van der Waals surface area (Å²) in [6.45, 7) is 4.64. The number of aliphatic imine (C=N–C) groups is 1. The Kier molecular flexibility index (Phi) is 10.6. The summed E-state index contributed by atoms with van der Waals surface area (Å²) in [5, 5.41) is 9.82. The second kappa shape index (κ2) is 12.1. The number of guanidine groups is 1. The van der Waals surface area contributed by atoms with Gasteiger partial charge in [-0.2, -0.15) is 0 Å². The lowest BCUT2D eigenvalue weighted by Gasteiger charge is -2.25. The maximum Gasteiger partial charge on any atom is 0.191 e. The molecule has 1 aromatic heterocycles. The minimum Gasteiger partial charge on any atom is -0.355 e. The van der Waals surface area contributed by atoms with Gasteiger partial charge in [-0.25, -0.2) is 4.98 Å². The number of anilines is 1. The monoisotopic (exact) mass is 502 g/mol. The normalized spacial score (nSPS) is 12.4. The topological polar surface area (TPSA) is 55.8 Å². The second-order valence-corrected chi connectivity index (χ2v) is 7.41. The van der Waals surface area contributed by atoms with Crippen LogP contribution in [0.2, 0.25) is 0 Å². The van der Waals surface area contributed by atoms with Gasteiger partial charge in [0.2, 0.25) is 0 Å². The van der Waals surface area contributed by atoms with Crippen LogP contribution in [0.4, 0.5) is 5.13 Å². The molecule has 0 aliphatic rings. The van der Waals surface area contributed by atoms with Crippen molar-refractivity contribution in [3.05, 3.63) is 47.0 Å². The standard InChI is InChI=1S/C19H30N6S.HI/c1-15(25(5)13-16-9-7-6-8-10-16)11-21-18(20-2)22-12-17-14-26-19(23-17)24(3)4;/h6-10,14-15H,11-13H2,1-5H3,(H2,20,21,22);1H. The van der Waals surface area contributed by atoms with Crippen LogP contribution < -0.4 is 15.5 Å². The van der Waals surface area contributed by atoms with Crippen LogP contribution in [-0.2, 0) is 13.1 Å². The molecule has 27 heavy (non-hydrogen) atoms. The molecule has 0 saturated carbocycles. The fraction of sp³-hybridized carbons (Fsp3) is 0.474. The molecule has 0 fully saturated rings. The highest BCUT2D eigenvalue weighted by Crippen LogP contribution is 2.17. The third kappa shape index (κ3) is 8.02. The molecule has 1 unspecified atom stereocenters. The summed E-state index contributed by atoms with van der Waals surface area (Å²) in [7, 11) is 7.95. The number of aromatic nitrogens is 1. The van der Waals surface area contributed by atoms with E-state index >= 15 is 0 Å². The van der Waals surface area contributed by atoms with Gasteiger partial charge in [-0.1, -0.05) is 30.3 Å². The van der Waals surface area contributed by atoms with Gasteiger partial charge in [-0.3, -0.25) is 9.89 Å². The van der Waals surface area contributed by atoms with Gasteiger partial charge >= 0.3 is 0 Å². The van der Waals surface area contributed by atoms with Crippen molar-refractivity contribution in [2.75, 3.05) is 39.6 Å². The van der Waals surface area contributed by atoms with Crippen LogP contribution in [-0.4, -0.2) is 56.6 Å². The Labute approximate surface area is 184 Å². The summed E-state index contributed by atoms with van der Waals surface area (Å²) >= 11 is 1.65. The smallest absolute Gasteiger partial charge is 0.191 e. The van der Waals surface area contributed by atoms with Crippen molar-refractivity contribution in [2.24, 2.45) is 4.99 Å². The molecule has 0 saturated heterocycles. The molecule has 1 aromatic carbocycles. The molecule has 0 amide bonds. The van der Waals surface area contributed by atoms with Gasteiger partial charge in [0.1, 0.15) is 0 Å². The highest BCUT2D eigenvalue weighted by atomic mass is 127. The van der Waals surface area contributed by atoms with Gasteiger partial charge < -0.3 is 15.5 Å². The number of hydrogen-bond acceptors (Lipinski definition) is 5. The summed E-state index contributed by atoms with van der Waals surface area (Å²) in [5.74, 6) is 0.796. The Bertz CT molecular complexity index is 689. The van der Waals surface area contributed by atoms with Crippen molar-refractivity contribution in [2.45, 2.75) is 26.1 Å². The first-order valence-electron chi connectivity index (χ1n) is 8.80. The van der Waals surface area contributed by atoms with E-state index in [9.17, 15) is 0 Å². The molecule has 0 aliphatic heterocycles. The summed E-state index contributed by atoms with van der Waals surface area (Å²) in [6.07, 6.45) is 0. The van der Waals surface area contributed by atoms with E-state index in [1.165, 1.54) is 5.56 Å². The van der Waals surface area contributed by atoms with Crippen LogP contribution in [0.1, 0.15) is 18.2 Å². The summed E-state index contributed by atoms with van der Waals surface area (Å²) < 4.78 is 0. The molecule has 0 radical (unpaired) electrons. The molecule has 6 nitrogen and oxygen atoms in total. The zero-order chi connectivity index (χ0) is 18.9.